The van der Waals surface area contributed by atoms with Crippen LogP contribution in [0, 0.1) is 11.3 Å². The summed E-state index contributed by atoms with van der Waals surface area (Å²) in [6.45, 7) is 2.80. The van der Waals surface area contributed by atoms with Crippen molar-refractivity contribution in [3.8, 4) is 6.07 Å². The van der Waals surface area contributed by atoms with Crippen molar-refractivity contribution in [2.24, 2.45) is 0 Å². The molecule has 3 nitrogen and oxygen atoms in total. The molecule has 0 radical (unpaired) electrons. The highest BCUT2D eigenvalue weighted by atomic mass is 16.5. The molecule has 0 aromatic rings. The summed E-state index contributed by atoms with van der Waals surface area (Å²) in [7, 11) is 0. The van der Waals surface area contributed by atoms with Crippen molar-refractivity contribution in [2.45, 2.75) is 83.2 Å². The molecular formula is C17H31NO2. The van der Waals surface area contributed by atoms with Gasteiger partial charge in [-0.2, -0.15) is 5.26 Å². The van der Waals surface area contributed by atoms with Crippen molar-refractivity contribution in [3.63, 3.8) is 0 Å². The maximum absolute atomic E-state index is 8.42. The van der Waals surface area contributed by atoms with Crippen LogP contribution in [0.5, 0.6) is 0 Å². The lowest BCUT2D eigenvalue weighted by molar-refractivity contribution is 0.0931. The molecule has 1 rings (SSSR count). The third kappa shape index (κ3) is 10.2. The molecule has 1 heterocycles. The zero-order valence-electron chi connectivity index (χ0n) is 12.9. The molecule has 0 amide bonds. The van der Waals surface area contributed by atoms with Gasteiger partial charge in [-0.25, -0.2) is 0 Å². The van der Waals surface area contributed by atoms with Crippen molar-refractivity contribution < 1.29 is 9.47 Å². The van der Waals surface area contributed by atoms with Gasteiger partial charge in [0.1, 0.15) is 0 Å². The van der Waals surface area contributed by atoms with Crippen LogP contribution in [0.4, 0.5) is 0 Å². The van der Waals surface area contributed by atoms with Crippen LogP contribution in [0.3, 0.4) is 0 Å². The summed E-state index contributed by atoms with van der Waals surface area (Å²) < 4.78 is 11.3. The Bertz CT molecular complexity index is 244. The molecule has 0 spiro atoms. The van der Waals surface area contributed by atoms with E-state index in [2.05, 4.69) is 6.07 Å². The van der Waals surface area contributed by atoms with E-state index in [-0.39, 0.29) is 0 Å². The van der Waals surface area contributed by atoms with E-state index in [4.69, 9.17) is 14.7 Å². The third-order valence-corrected chi connectivity index (χ3v) is 3.92. The summed E-state index contributed by atoms with van der Waals surface area (Å²) in [5.74, 6) is 0. The Hall–Kier alpha value is -0.590. The monoisotopic (exact) mass is 281 g/mol. The standard InChI is InChI=1S/C17H31NO2/c18-13-7-4-2-1-3-5-8-14-19-15-9-6-11-17-12-10-16-20-17/h17H,1-12,14-16H2. The minimum absolute atomic E-state index is 0.538. The molecule has 0 N–H and O–H groups in total. The molecule has 0 bridgehead atoms. The van der Waals surface area contributed by atoms with Crippen LogP contribution in [0.25, 0.3) is 0 Å². The van der Waals surface area contributed by atoms with Crippen LogP contribution in [0.1, 0.15) is 77.0 Å². The zero-order valence-corrected chi connectivity index (χ0v) is 12.9. The quantitative estimate of drug-likeness (QED) is 0.463. The van der Waals surface area contributed by atoms with Crippen molar-refractivity contribution >= 4 is 0 Å². The number of nitrogens with zero attached hydrogens (tertiary/aromatic N) is 1. The Kier molecular flexibility index (Phi) is 11.7. The second-order valence-electron chi connectivity index (χ2n) is 5.77. The van der Waals surface area contributed by atoms with E-state index in [1.54, 1.807) is 0 Å². The summed E-state index contributed by atoms with van der Waals surface area (Å²) in [4.78, 5) is 0. The van der Waals surface area contributed by atoms with Gasteiger partial charge >= 0.3 is 0 Å². The largest absolute Gasteiger partial charge is 0.381 e. The van der Waals surface area contributed by atoms with E-state index in [1.807, 2.05) is 0 Å². The van der Waals surface area contributed by atoms with Crippen LogP contribution in [0.2, 0.25) is 0 Å². The molecule has 116 valence electrons. The highest BCUT2D eigenvalue weighted by molar-refractivity contribution is 4.67. The third-order valence-electron chi connectivity index (χ3n) is 3.92. The molecule has 20 heavy (non-hydrogen) atoms. The first kappa shape index (κ1) is 17.5. The molecule has 0 aliphatic carbocycles. The van der Waals surface area contributed by atoms with Crippen LogP contribution < -0.4 is 0 Å². The molecule has 1 unspecified atom stereocenters. The SMILES string of the molecule is N#CCCCCCCCCOCCCCC1CCCO1. The van der Waals surface area contributed by atoms with Gasteiger partial charge in [0, 0.05) is 26.2 Å². The van der Waals surface area contributed by atoms with E-state index in [9.17, 15) is 0 Å². The van der Waals surface area contributed by atoms with E-state index in [0.29, 0.717) is 6.10 Å². The Labute approximate surface area is 124 Å². The average molecular weight is 281 g/mol. The maximum Gasteiger partial charge on any atom is 0.0621 e. The van der Waals surface area contributed by atoms with Gasteiger partial charge < -0.3 is 9.47 Å². The van der Waals surface area contributed by atoms with Gasteiger partial charge in [0.25, 0.3) is 0 Å². The van der Waals surface area contributed by atoms with E-state index >= 15 is 0 Å². The number of hydrogen-bond donors (Lipinski definition) is 0. The first-order valence-electron chi connectivity index (χ1n) is 8.50. The molecule has 1 atom stereocenters. The van der Waals surface area contributed by atoms with Gasteiger partial charge in [-0.15, -0.1) is 0 Å². The lowest BCUT2D eigenvalue weighted by atomic mass is 10.1. The molecule has 0 aromatic carbocycles. The van der Waals surface area contributed by atoms with Gasteiger partial charge in [0.15, 0.2) is 0 Å². The van der Waals surface area contributed by atoms with E-state index in [1.165, 1.54) is 64.2 Å². The number of rotatable bonds is 13. The Morgan fingerprint density at radius 3 is 2.35 bits per heavy atom. The number of unbranched alkanes of at least 4 members (excludes halogenated alkanes) is 7. The summed E-state index contributed by atoms with van der Waals surface area (Å²) in [5.41, 5.74) is 0. The van der Waals surface area contributed by atoms with Gasteiger partial charge in [0.05, 0.1) is 12.2 Å². The normalized spacial score (nSPS) is 18.2. The number of nitriles is 1. The summed E-state index contributed by atoms with van der Waals surface area (Å²) in [6.07, 6.45) is 14.7. The summed E-state index contributed by atoms with van der Waals surface area (Å²) in [6, 6.07) is 2.19. The highest BCUT2D eigenvalue weighted by Gasteiger charge is 2.14. The van der Waals surface area contributed by atoms with E-state index in [0.717, 1.165) is 32.7 Å². The molecule has 0 saturated carbocycles. The van der Waals surface area contributed by atoms with Crippen molar-refractivity contribution in [3.05, 3.63) is 0 Å². The molecule has 1 fully saturated rings. The Balaban J connectivity index is 1.67. The van der Waals surface area contributed by atoms with Crippen LogP contribution in [-0.4, -0.2) is 25.9 Å². The van der Waals surface area contributed by atoms with Gasteiger partial charge in [0.2, 0.25) is 0 Å². The maximum atomic E-state index is 8.42. The Morgan fingerprint density at radius 2 is 1.65 bits per heavy atom. The topological polar surface area (TPSA) is 42.2 Å². The fraction of sp³-hybridized carbons (Fsp3) is 0.941. The Morgan fingerprint density at radius 1 is 0.950 bits per heavy atom. The number of ether oxygens (including phenoxy) is 2. The first-order chi connectivity index (χ1) is 9.93. The van der Waals surface area contributed by atoms with Crippen molar-refractivity contribution in [1.29, 1.82) is 5.26 Å². The van der Waals surface area contributed by atoms with Gasteiger partial charge in [-0.05, 0) is 44.9 Å². The predicted molar refractivity (Wildman–Crippen MR) is 81.6 cm³/mol. The molecule has 1 aliphatic heterocycles. The summed E-state index contributed by atoms with van der Waals surface area (Å²) >= 11 is 0. The molecular weight excluding hydrogens is 250 g/mol. The summed E-state index contributed by atoms with van der Waals surface area (Å²) in [5, 5.41) is 8.42. The molecule has 1 saturated heterocycles. The minimum Gasteiger partial charge on any atom is -0.381 e. The second kappa shape index (κ2) is 13.4. The average Bonchev–Trinajstić information content (AvgIpc) is 2.97. The first-order valence-corrected chi connectivity index (χ1v) is 8.50. The van der Waals surface area contributed by atoms with Gasteiger partial charge in [-0.1, -0.05) is 25.7 Å². The fourth-order valence-corrected chi connectivity index (χ4v) is 2.67. The van der Waals surface area contributed by atoms with Crippen LogP contribution in [-0.2, 0) is 9.47 Å². The highest BCUT2D eigenvalue weighted by Crippen LogP contribution is 2.17. The second-order valence-corrected chi connectivity index (χ2v) is 5.77. The minimum atomic E-state index is 0.538. The lowest BCUT2D eigenvalue weighted by Gasteiger charge is -2.08. The molecule has 3 heteroatoms. The smallest absolute Gasteiger partial charge is 0.0621 e. The van der Waals surface area contributed by atoms with Crippen LogP contribution in [0.15, 0.2) is 0 Å². The predicted octanol–water partition coefficient (Wildman–Crippen LogP) is 4.61. The fourth-order valence-electron chi connectivity index (χ4n) is 2.67. The molecule has 0 aromatic heterocycles. The zero-order chi connectivity index (χ0) is 14.3. The van der Waals surface area contributed by atoms with Crippen molar-refractivity contribution in [1.82, 2.24) is 0 Å². The molecule has 1 aliphatic rings. The van der Waals surface area contributed by atoms with Crippen molar-refractivity contribution in [2.75, 3.05) is 19.8 Å². The number of hydrogen-bond acceptors (Lipinski definition) is 3. The lowest BCUT2D eigenvalue weighted by Crippen LogP contribution is -2.05. The van der Waals surface area contributed by atoms with Gasteiger partial charge in [-0.3, -0.25) is 0 Å². The van der Waals surface area contributed by atoms with Crippen LogP contribution >= 0.6 is 0 Å². The van der Waals surface area contributed by atoms with E-state index < -0.39 is 0 Å².